The van der Waals surface area contributed by atoms with E-state index in [-0.39, 0.29) is 36.7 Å². The smallest absolute Gasteiger partial charge is 0.326 e. The molecule has 3 atom stereocenters. The zero-order valence-electron chi connectivity index (χ0n) is 31.7. The second-order valence-electron chi connectivity index (χ2n) is 13.6. The second kappa shape index (κ2) is 34.0. The van der Waals surface area contributed by atoms with E-state index in [0.29, 0.717) is 38.8 Å². The number of carboxylic acids is 1. The Morgan fingerprint density at radius 2 is 1.06 bits per heavy atom. The lowest BCUT2D eigenvalue weighted by Crippen LogP contribution is -2.46. The van der Waals surface area contributed by atoms with Crippen molar-refractivity contribution in [3.05, 3.63) is 0 Å². The molecule has 0 aliphatic carbocycles. The number of aliphatic carboxylic acids is 1. The van der Waals surface area contributed by atoms with E-state index in [2.05, 4.69) is 17.6 Å². The van der Waals surface area contributed by atoms with Gasteiger partial charge >= 0.3 is 5.97 Å². The Balaban J connectivity index is 0. The van der Waals surface area contributed by atoms with Gasteiger partial charge in [0, 0.05) is 32.1 Å². The Bertz CT molecular complexity index is 981. The number of hydrogen-bond donors (Lipinski definition) is 6. The van der Waals surface area contributed by atoms with Crippen LogP contribution in [0, 0.1) is 5.92 Å². The minimum Gasteiger partial charge on any atom is -0.480 e. The molecular formula is C37H74N4O8S. The Hall–Kier alpha value is -2.09. The topological polar surface area (TPSA) is 219 Å². The minimum atomic E-state index is -3.44. The van der Waals surface area contributed by atoms with Crippen molar-refractivity contribution in [1.82, 2.24) is 10.6 Å². The number of ketones is 1. The number of carbonyl (C=O) groups excluding carboxylic acids is 3. The summed E-state index contributed by atoms with van der Waals surface area (Å²) in [6, 6.07) is -1.96. The standard InChI is InChI=1S/C36H70N4O7S.CH4O/c1-3-4-5-6-7-8-9-10-11-12-13-14-19-24-34(42)39-31(22-17-15-20-26-37)33(41)29-30(25-28-48(2,46)47)35(43)40-32(36(44)45)23-18-16-21-27-38;1-2/h30-32H,3-29,37-38H2,1-2H3,(H,39,42)(H,40,43)(H,44,45);2H,1H3/t30-,31+,32+;/m1./s1. The van der Waals surface area contributed by atoms with Crippen LogP contribution in [0.15, 0.2) is 0 Å². The van der Waals surface area contributed by atoms with Crippen LogP contribution < -0.4 is 22.1 Å². The van der Waals surface area contributed by atoms with Gasteiger partial charge in [0.2, 0.25) is 11.8 Å². The fraction of sp³-hybridized carbons (Fsp3) is 0.892. The van der Waals surface area contributed by atoms with E-state index in [9.17, 15) is 32.7 Å². The van der Waals surface area contributed by atoms with Crippen LogP contribution in [0.25, 0.3) is 0 Å². The van der Waals surface area contributed by atoms with E-state index in [0.717, 1.165) is 64.7 Å². The third-order valence-corrected chi connectivity index (χ3v) is 9.87. The number of aliphatic hydroxyl groups is 1. The molecule has 0 fully saturated rings. The maximum Gasteiger partial charge on any atom is 0.326 e. The van der Waals surface area contributed by atoms with Gasteiger partial charge in [0.1, 0.15) is 15.9 Å². The van der Waals surface area contributed by atoms with Gasteiger partial charge in [0.25, 0.3) is 0 Å². The number of sulfone groups is 1. The highest BCUT2D eigenvalue weighted by molar-refractivity contribution is 7.90. The molecule has 0 bridgehead atoms. The molecule has 2 amide bonds. The van der Waals surface area contributed by atoms with Crippen LogP contribution in [-0.2, 0) is 29.0 Å². The highest BCUT2D eigenvalue weighted by Crippen LogP contribution is 2.18. The summed E-state index contributed by atoms with van der Waals surface area (Å²) in [7, 11) is -2.44. The van der Waals surface area contributed by atoms with Gasteiger partial charge in [-0.15, -0.1) is 0 Å². The third-order valence-electron chi connectivity index (χ3n) is 8.90. The molecule has 8 N–H and O–H groups in total. The second-order valence-corrected chi connectivity index (χ2v) is 15.8. The van der Waals surface area contributed by atoms with Crippen LogP contribution in [0.3, 0.4) is 0 Å². The largest absolute Gasteiger partial charge is 0.480 e. The fourth-order valence-corrected chi connectivity index (χ4v) is 6.55. The van der Waals surface area contributed by atoms with Crippen molar-refractivity contribution in [3.8, 4) is 0 Å². The van der Waals surface area contributed by atoms with Crippen LogP contribution in [0.5, 0.6) is 0 Å². The van der Waals surface area contributed by atoms with E-state index in [1.807, 2.05) is 0 Å². The Morgan fingerprint density at radius 1 is 0.620 bits per heavy atom. The molecule has 50 heavy (non-hydrogen) atoms. The van der Waals surface area contributed by atoms with Crippen molar-refractivity contribution in [2.75, 3.05) is 32.2 Å². The van der Waals surface area contributed by atoms with Crippen LogP contribution in [0.1, 0.15) is 161 Å². The van der Waals surface area contributed by atoms with Crippen molar-refractivity contribution in [2.45, 2.75) is 173 Å². The van der Waals surface area contributed by atoms with E-state index < -0.39 is 39.7 Å². The van der Waals surface area contributed by atoms with E-state index >= 15 is 0 Å². The van der Waals surface area contributed by atoms with Gasteiger partial charge in [-0.1, -0.05) is 110 Å². The predicted molar refractivity (Wildman–Crippen MR) is 202 cm³/mol. The maximum atomic E-state index is 13.5. The molecule has 0 aromatic rings. The predicted octanol–water partition coefficient (Wildman–Crippen LogP) is 5.18. The molecule has 0 aromatic carbocycles. The summed E-state index contributed by atoms with van der Waals surface area (Å²) < 4.78 is 23.9. The number of carbonyl (C=O) groups is 4. The number of rotatable bonds is 34. The lowest BCUT2D eigenvalue weighted by Gasteiger charge is -2.23. The van der Waals surface area contributed by atoms with Crippen LogP contribution in [-0.4, -0.2) is 86.5 Å². The molecule has 0 spiro atoms. The molecule has 0 saturated heterocycles. The Kier molecular flexibility index (Phi) is 34.0. The summed E-state index contributed by atoms with van der Waals surface area (Å²) in [5.74, 6) is -3.79. The SMILES string of the molecule is CCCCCCCCCCCCCCCC(=O)N[C@@H](CCCCCN)C(=O)C[C@@H](CCS(C)(=O)=O)C(=O)N[C@@H](CCCCCN)C(=O)O.CO. The fourth-order valence-electron chi connectivity index (χ4n) is 5.84. The number of carboxylic acid groups (broad SMARTS) is 1. The molecule has 0 rings (SSSR count). The summed E-state index contributed by atoms with van der Waals surface area (Å²) in [6.45, 7) is 3.25. The monoisotopic (exact) mass is 735 g/mol. The molecule has 0 aliphatic rings. The molecule has 0 radical (unpaired) electrons. The van der Waals surface area contributed by atoms with Gasteiger partial charge in [-0.25, -0.2) is 13.2 Å². The van der Waals surface area contributed by atoms with Crippen molar-refractivity contribution in [3.63, 3.8) is 0 Å². The highest BCUT2D eigenvalue weighted by Gasteiger charge is 2.30. The van der Waals surface area contributed by atoms with Gasteiger partial charge in [0.05, 0.1) is 11.8 Å². The number of nitrogens with two attached hydrogens (primary N) is 2. The summed E-state index contributed by atoms with van der Waals surface area (Å²) in [5.41, 5.74) is 11.1. The lowest BCUT2D eigenvalue weighted by molar-refractivity contribution is -0.143. The average Bonchev–Trinajstić information content (AvgIpc) is 3.08. The molecule has 0 aromatic heterocycles. The number of hydrogen-bond acceptors (Lipinski definition) is 9. The summed E-state index contributed by atoms with van der Waals surface area (Å²) >= 11 is 0. The average molecular weight is 735 g/mol. The molecule has 0 aliphatic heterocycles. The van der Waals surface area contributed by atoms with Crippen molar-refractivity contribution < 1.29 is 37.8 Å². The quantitative estimate of drug-likeness (QED) is 0.0476. The first-order chi connectivity index (χ1) is 23.9. The summed E-state index contributed by atoms with van der Waals surface area (Å²) in [6.07, 6.45) is 21.5. The van der Waals surface area contributed by atoms with Gasteiger partial charge in [-0.3, -0.25) is 14.4 Å². The molecule has 296 valence electrons. The normalized spacial score (nSPS) is 13.1. The van der Waals surface area contributed by atoms with Crippen LogP contribution in [0.4, 0.5) is 0 Å². The highest BCUT2D eigenvalue weighted by atomic mass is 32.2. The van der Waals surface area contributed by atoms with E-state index in [1.165, 1.54) is 57.8 Å². The first-order valence-corrected chi connectivity index (χ1v) is 21.4. The van der Waals surface area contributed by atoms with Gasteiger partial charge in [-0.05, 0) is 51.6 Å². The molecule has 0 saturated carbocycles. The number of amides is 2. The van der Waals surface area contributed by atoms with Gasteiger partial charge in [0.15, 0.2) is 5.78 Å². The number of aliphatic hydroxyl groups excluding tert-OH is 1. The molecular weight excluding hydrogens is 660 g/mol. The van der Waals surface area contributed by atoms with Crippen molar-refractivity contribution in [1.29, 1.82) is 0 Å². The van der Waals surface area contributed by atoms with Crippen molar-refractivity contribution in [2.24, 2.45) is 17.4 Å². The minimum absolute atomic E-state index is 0.122. The Morgan fingerprint density at radius 3 is 1.50 bits per heavy atom. The van der Waals surface area contributed by atoms with Crippen LogP contribution in [0.2, 0.25) is 0 Å². The van der Waals surface area contributed by atoms with E-state index in [4.69, 9.17) is 16.6 Å². The zero-order valence-corrected chi connectivity index (χ0v) is 32.5. The first-order valence-electron chi connectivity index (χ1n) is 19.3. The molecule has 12 nitrogen and oxygen atoms in total. The van der Waals surface area contributed by atoms with Gasteiger partial charge < -0.3 is 32.3 Å². The first kappa shape index (κ1) is 50.0. The number of nitrogens with one attached hydrogen (secondary N) is 2. The van der Waals surface area contributed by atoms with E-state index in [1.54, 1.807) is 0 Å². The zero-order chi connectivity index (χ0) is 38.0. The maximum absolute atomic E-state index is 13.5. The van der Waals surface area contributed by atoms with Gasteiger partial charge in [-0.2, -0.15) is 0 Å². The number of unbranched alkanes of at least 4 members (excludes halogenated alkanes) is 16. The Labute approximate surface area is 304 Å². The molecule has 0 unspecified atom stereocenters. The van der Waals surface area contributed by atoms with Crippen molar-refractivity contribution >= 4 is 33.4 Å². The summed E-state index contributed by atoms with van der Waals surface area (Å²) in [4.78, 5) is 51.5. The molecule has 0 heterocycles. The molecule has 13 heteroatoms. The number of Topliss-reactive ketones (excluding diaryl/α,β-unsaturated/α-hetero) is 1. The summed E-state index contributed by atoms with van der Waals surface area (Å²) in [5, 5.41) is 22.1. The van der Waals surface area contributed by atoms with Crippen LogP contribution >= 0.6 is 0 Å². The third kappa shape index (κ3) is 30.7. The lowest BCUT2D eigenvalue weighted by atomic mass is 9.92.